The fourth-order valence-corrected chi connectivity index (χ4v) is 5.15. The summed E-state index contributed by atoms with van der Waals surface area (Å²) in [5.41, 5.74) is 7.65. The molecule has 2 rings (SSSR count). The summed E-state index contributed by atoms with van der Waals surface area (Å²) in [4.78, 5) is 0. The van der Waals surface area contributed by atoms with Crippen molar-refractivity contribution in [2.24, 2.45) is 5.73 Å². The van der Waals surface area contributed by atoms with Crippen LogP contribution >= 0.6 is 23.5 Å². The Hall–Kier alpha value is -0.320. The van der Waals surface area contributed by atoms with Crippen LogP contribution in [0.15, 0.2) is 24.3 Å². The van der Waals surface area contributed by atoms with Crippen LogP contribution in [0.5, 0.6) is 5.75 Å². The summed E-state index contributed by atoms with van der Waals surface area (Å²) in [6.45, 7) is 6.37. The second-order valence-corrected chi connectivity index (χ2v) is 7.94. The van der Waals surface area contributed by atoms with E-state index in [2.05, 4.69) is 19.1 Å². The predicted octanol–water partition coefficient (Wildman–Crippen LogP) is 3.71. The maximum atomic E-state index is 6.44. The molecule has 1 heterocycles. The molecule has 0 radical (unpaired) electrons. The fourth-order valence-electron chi connectivity index (χ4n) is 2.27. The maximum Gasteiger partial charge on any atom is 0.119 e. The lowest BCUT2D eigenvalue weighted by molar-refractivity contribution is 0.242. The van der Waals surface area contributed by atoms with Gasteiger partial charge in [-0.25, -0.2) is 0 Å². The lowest BCUT2D eigenvalue weighted by Gasteiger charge is -2.32. The van der Waals surface area contributed by atoms with E-state index in [1.807, 2.05) is 49.5 Å². The average molecular weight is 297 g/mol. The van der Waals surface area contributed by atoms with Gasteiger partial charge >= 0.3 is 0 Å². The molecule has 0 amide bonds. The van der Waals surface area contributed by atoms with Crippen LogP contribution in [0.3, 0.4) is 0 Å². The molecule has 0 spiro atoms. The number of benzene rings is 1. The summed E-state index contributed by atoms with van der Waals surface area (Å²) in [6, 6.07) is 8.38. The van der Waals surface area contributed by atoms with Crippen molar-refractivity contribution in [2.75, 3.05) is 11.5 Å². The molecule has 3 atom stereocenters. The quantitative estimate of drug-likeness (QED) is 0.919. The van der Waals surface area contributed by atoms with Crippen LogP contribution in [0.1, 0.15) is 32.4 Å². The van der Waals surface area contributed by atoms with Crippen molar-refractivity contribution in [1.82, 2.24) is 0 Å². The summed E-state index contributed by atoms with van der Waals surface area (Å²) in [6.07, 6.45) is 0.213. The Balaban J connectivity index is 2.04. The zero-order valence-electron chi connectivity index (χ0n) is 11.8. The van der Waals surface area contributed by atoms with E-state index in [1.165, 1.54) is 17.1 Å². The number of rotatable bonds is 4. The Morgan fingerprint density at radius 1 is 1.16 bits per heavy atom. The molecule has 1 saturated heterocycles. The third-order valence-electron chi connectivity index (χ3n) is 3.23. The summed E-state index contributed by atoms with van der Waals surface area (Å²) < 4.78 is 5.67. The molecule has 4 heteroatoms. The molecule has 0 saturated carbocycles. The van der Waals surface area contributed by atoms with Crippen molar-refractivity contribution in [3.63, 3.8) is 0 Å². The molecule has 0 aliphatic carbocycles. The van der Waals surface area contributed by atoms with Gasteiger partial charge in [-0.15, -0.1) is 0 Å². The van der Waals surface area contributed by atoms with Gasteiger partial charge in [0.1, 0.15) is 5.75 Å². The topological polar surface area (TPSA) is 35.2 Å². The van der Waals surface area contributed by atoms with Crippen LogP contribution < -0.4 is 10.5 Å². The van der Waals surface area contributed by atoms with Gasteiger partial charge in [-0.1, -0.05) is 19.1 Å². The van der Waals surface area contributed by atoms with Crippen LogP contribution in [-0.2, 0) is 0 Å². The molecule has 2 N–H and O–H groups in total. The summed E-state index contributed by atoms with van der Waals surface area (Å²) in [7, 11) is 0. The number of nitrogens with two attached hydrogens (primary N) is 1. The molecule has 3 unspecified atom stereocenters. The van der Waals surface area contributed by atoms with E-state index in [9.17, 15) is 0 Å². The van der Waals surface area contributed by atoms with Crippen LogP contribution in [-0.4, -0.2) is 28.1 Å². The average Bonchev–Trinajstić information content (AvgIpc) is 2.39. The highest BCUT2D eigenvalue weighted by Gasteiger charge is 2.28. The van der Waals surface area contributed by atoms with Crippen molar-refractivity contribution in [3.8, 4) is 5.75 Å². The SMILES string of the molecule is CC(C)Oc1ccc(C(N)C2SCCSC2C)cc1. The number of thioether (sulfide) groups is 2. The minimum atomic E-state index is 0.112. The predicted molar refractivity (Wildman–Crippen MR) is 87.3 cm³/mol. The third-order valence-corrected chi connectivity index (χ3v) is 6.44. The Morgan fingerprint density at radius 3 is 2.37 bits per heavy atom. The van der Waals surface area contributed by atoms with Gasteiger partial charge in [0.05, 0.1) is 6.10 Å². The standard InChI is InChI=1S/C15H23NOS2/c1-10(2)17-13-6-4-12(5-7-13)14(16)15-11(3)18-8-9-19-15/h4-7,10-11,14-15H,8-9,16H2,1-3H3. The van der Waals surface area contributed by atoms with Crippen LogP contribution in [0.4, 0.5) is 0 Å². The molecule has 1 aliphatic rings. The van der Waals surface area contributed by atoms with Crippen molar-refractivity contribution in [3.05, 3.63) is 29.8 Å². The molecule has 0 aromatic heterocycles. The molecule has 1 aromatic rings. The first-order valence-corrected chi connectivity index (χ1v) is 8.93. The zero-order chi connectivity index (χ0) is 13.8. The van der Waals surface area contributed by atoms with Gasteiger partial charge in [0, 0.05) is 28.0 Å². The molecule has 2 nitrogen and oxygen atoms in total. The van der Waals surface area contributed by atoms with Gasteiger partial charge in [-0.2, -0.15) is 23.5 Å². The molecule has 1 aliphatic heterocycles. The summed E-state index contributed by atoms with van der Waals surface area (Å²) >= 11 is 4.05. The lowest BCUT2D eigenvalue weighted by Crippen LogP contribution is -2.34. The normalized spacial score (nSPS) is 25.3. The van der Waals surface area contributed by atoms with Crippen molar-refractivity contribution in [1.29, 1.82) is 0 Å². The number of hydrogen-bond acceptors (Lipinski definition) is 4. The first kappa shape index (κ1) is 15.1. The van der Waals surface area contributed by atoms with Crippen molar-refractivity contribution >= 4 is 23.5 Å². The minimum Gasteiger partial charge on any atom is -0.491 e. The Morgan fingerprint density at radius 2 is 1.79 bits per heavy atom. The molecule has 0 bridgehead atoms. The third kappa shape index (κ3) is 4.07. The highest BCUT2D eigenvalue weighted by atomic mass is 32.2. The monoisotopic (exact) mass is 297 g/mol. The van der Waals surface area contributed by atoms with E-state index in [0.29, 0.717) is 10.5 Å². The molecule has 106 valence electrons. The van der Waals surface area contributed by atoms with Crippen LogP contribution in [0.25, 0.3) is 0 Å². The molecule has 1 aromatic carbocycles. The maximum absolute atomic E-state index is 6.44. The lowest BCUT2D eigenvalue weighted by atomic mass is 10.0. The van der Waals surface area contributed by atoms with Gasteiger partial charge in [0.2, 0.25) is 0 Å². The van der Waals surface area contributed by atoms with E-state index >= 15 is 0 Å². The van der Waals surface area contributed by atoms with Crippen LogP contribution in [0.2, 0.25) is 0 Å². The van der Waals surface area contributed by atoms with Gasteiger partial charge < -0.3 is 10.5 Å². The molecular formula is C15H23NOS2. The first-order chi connectivity index (χ1) is 9.08. The molecular weight excluding hydrogens is 274 g/mol. The first-order valence-electron chi connectivity index (χ1n) is 6.83. The van der Waals surface area contributed by atoms with Gasteiger partial charge in [0.15, 0.2) is 0 Å². The van der Waals surface area contributed by atoms with Gasteiger partial charge in [0.25, 0.3) is 0 Å². The Kier molecular flexibility index (Phi) is 5.48. The second-order valence-electron chi connectivity index (χ2n) is 5.17. The van der Waals surface area contributed by atoms with E-state index in [1.54, 1.807) is 0 Å². The highest BCUT2D eigenvalue weighted by molar-refractivity contribution is 8.07. The largest absolute Gasteiger partial charge is 0.491 e. The number of hydrogen-bond donors (Lipinski definition) is 1. The second kappa shape index (κ2) is 6.91. The molecule has 19 heavy (non-hydrogen) atoms. The smallest absolute Gasteiger partial charge is 0.119 e. The Bertz CT molecular complexity index is 394. The highest BCUT2D eigenvalue weighted by Crippen LogP contribution is 2.37. The van der Waals surface area contributed by atoms with Gasteiger partial charge in [-0.05, 0) is 31.5 Å². The fraction of sp³-hybridized carbons (Fsp3) is 0.600. The summed E-state index contributed by atoms with van der Waals surface area (Å²) in [5, 5.41) is 1.14. The van der Waals surface area contributed by atoms with Crippen LogP contribution in [0, 0.1) is 0 Å². The van der Waals surface area contributed by atoms with E-state index in [-0.39, 0.29) is 12.1 Å². The van der Waals surface area contributed by atoms with E-state index in [4.69, 9.17) is 10.5 Å². The molecule has 1 fully saturated rings. The number of ether oxygens (including phenoxy) is 1. The van der Waals surface area contributed by atoms with Gasteiger partial charge in [-0.3, -0.25) is 0 Å². The Labute approximate surface area is 124 Å². The van der Waals surface area contributed by atoms with E-state index < -0.39 is 0 Å². The minimum absolute atomic E-state index is 0.112. The van der Waals surface area contributed by atoms with Crippen molar-refractivity contribution in [2.45, 2.75) is 43.4 Å². The zero-order valence-corrected chi connectivity index (χ0v) is 13.5. The van der Waals surface area contributed by atoms with Crippen molar-refractivity contribution < 1.29 is 4.74 Å². The summed E-state index contributed by atoms with van der Waals surface area (Å²) in [5.74, 6) is 3.38. The van der Waals surface area contributed by atoms with E-state index in [0.717, 1.165) is 5.75 Å².